The lowest BCUT2D eigenvalue weighted by atomic mass is 9.96. The summed E-state index contributed by atoms with van der Waals surface area (Å²) in [6.07, 6.45) is 10.6. The third-order valence-electron chi connectivity index (χ3n) is 8.66. The van der Waals surface area contributed by atoms with Gasteiger partial charge >= 0.3 is 6.09 Å². The van der Waals surface area contributed by atoms with Gasteiger partial charge < -0.3 is 36.0 Å². The van der Waals surface area contributed by atoms with Gasteiger partial charge in [-0.25, -0.2) is 9.18 Å². The Labute approximate surface area is 284 Å². The number of rotatable bonds is 18. The lowest BCUT2D eigenvalue weighted by Crippen LogP contribution is -2.57. The molecule has 0 bridgehead atoms. The highest BCUT2D eigenvalue weighted by molar-refractivity contribution is 6.09. The average Bonchev–Trinajstić information content (AvgIpc) is 3.03. The summed E-state index contributed by atoms with van der Waals surface area (Å²) in [5.41, 5.74) is 6.24. The maximum atomic E-state index is 14.8. The van der Waals surface area contributed by atoms with Gasteiger partial charge in [-0.2, -0.15) is 0 Å². The zero-order chi connectivity index (χ0) is 35.2. The Hall–Kier alpha value is -3.83. The fourth-order valence-electron chi connectivity index (χ4n) is 5.98. The molecule has 0 aromatic heterocycles. The normalized spacial score (nSPS) is 14.4. The SMILES string of the molecule is CC(C)(C)OC(=O)NCCCCCCCCCCCC[N+]1([O-])CCN(C(=O)c2cc(CC(=N)c3ccccc3C(N)=O)ccc2F)CC1. The number of ether oxygens (including phenoxy) is 1. The highest BCUT2D eigenvalue weighted by Gasteiger charge is 2.29. The summed E-state index contributed by atoms with van der Waals surface area (Å²) in [6, 6.07) is 10.8. The van der Waals surface area contributed by atoms with Crippen LogP contribution in [0.5, 0.6) is 0 Å². The number of carbonyl (C=O) groups excluding carboxylic acids is 3. The van der Waals surface area contributed by atoms with Crippen LogP contribution in [0, 0.1) is 16.4 Å². The van der Waals surface area contributed by atoms with E-state index in [0.717, 1.165) is 44.9 Å². The number of piperazine rings is 1. The molecule has 0 spiro atoms. The summed E-state index contributed by atoms with van der Waals surface area (Å²) in [6.45, 7) is 7.83. The Morgan fingerprint density at radius 2 is 1.46 bits per heavy atom. The molecule has 0 saturated carbocycles. The van der Waals surface area contributed by atoms with Crippen LogP contribution in [0.4, 0.5) is 9.18 Å². The van der Waals surface area contributed by atoms with Gasteiger partial charge in [-0.15, -0.1) is 0 Å². The fourth-order valence-corrected chi connectivity index (χ4v) is 5.98. The lowest BCUT2D eigenvalue weighted by Gasteiger charge is -2.48. The Morgan fingerprint density at radius 3 is 2.04 bits per heavy atom. The minimum atomic E-state index is -0.645. The van der Waals surface area contributed by atoms with Gasteiger partial charge in [0.05, 0.1) is 38.3 Å². The number of halogens is 1. The molecule has 0 unspecified atom stereocenters. The van der Waals surface area contributed by atoms with Gasteiger partial charge in [-0.1, -0.05) is 69.2 Å². The van der Waals surface area contributed by atoms with Crippen LogP contribution in [0.2, 0.25) is 0 Å². The largest absolute Gasteiger partial charge is 0.633 e. The van der Waals surface area contributed by atoms with Crippen molar-refractivity contribution >= 4 is 23.6 Å². The van der Waals surface area contributed by atoms with Crippen LogP contribution >= 0.6 is 0 Å². The number of quaternary nitrogens is 1. The van der Waals surface area contributed by atoms with Gasteiger partial charge in [0.25, 0.3) is 5.91 Å². The van der Waals surface area contributed by atoms with Gasteiger partial charge in [-0.3, -0.25) is 9.59 Å². The Morgan fingerprint density at radius 1 is 0.896 bits per heavy atom. The number of benzene rings is 2. The second-order valence-electron chi connectivity index (χ2n) is 13.9. The minimum Gasteiger partial charge on any atom is -0.633 e. The van der Waals surface area contributed by atoms with E-state index >= 15 is 0 Å². The average molecular weight is 668 g/mol. The van der Waals surface area contributed by atoms with E-state index in [1.165, 1.54) is 37.5 Å². The number of nitrogens with zero attached hydrogens (tertiary/aromatic N) is 2. The molecule has 1 fully saturated rings. The molecule has 48 heavy (non-hydrogen) atoms. The molecule has 1 saturated heterocycles. The number of carbonyl (C=O) groups is 3. The number of primary amides is 1. The topological polar surface area (TPSA) is 149 Å². The van der Waals surface area contributed by atoms with Crippen LogP contribution in [0.1, 0.15) is 117 Å². The third kappa shape index (κ3) is 13.0. The van der Waals surface area contributed by atoms with Crippen LogP contribution in [-0.2, 0) is 11.2 Å². The third-order valence-corrected chi connectivity index (χ3v) is 8.66. The first-order valence-corrected chi connectivity index (χ1v) is 17.4. The van der Waals surface area contributed by atoms with Gasteiger partial charge in [-0.05, 0) is 63.8 Å². The van der Waals surface area contributed by atoms with Crippen molar-refractivity contribution in [2.45, 2.75) is 97.0 Å². The second kappa shape index (κ2) is 18.6. The number of hydrogen-bond donors (Lipinski definition) is 3. The molecule has 11 heteroatoms. The first kappa shape index (κ1) is 38.6. The number of amides is 3. The molecule has 1 aliphatic heterocycles. The molecular weight excluding hydrogens is 613 g/mol. The minimum absolute atomic E-state index is 0.0791. The molecule has 2 aromatic carbocycles. The standard InChI is InChI=1S/C37H54FN5O5/c1-37(2,3)48-36(46)41-20-14-10-8-6-4-5-7-9-11-15-23-43(47)24-21-42(22-25-43)35(45)31-26-28(18-19-32(31)38)27-33(39)29-16-12-13-17-30(29)34(40)44/h12-13,16-19,26,39H,4-11,14-15,20-25,27H2,1-3H3,(H2,40,44)(H,41,46). The number of unbranched alkanes of at least 4 members (excludes halogenated alkanes) is 9. The van der Waals surface area contributed by atoms with Crippen molar-refractivity contribution in [1.29, 1.82) is 5.41 Å². The highest BCUT2D eigenvalue weighted by atomic mass is 19.1. The fraction of sp³-hybridized carbons (Fsp3) is 0.568. The van der Waals surface area contributed by atoms with E-state index in [-0.39, 0.29) is 60.2 Å². The molecule has 0 atom stereocenters. The van der Waals surface area contributed by atoms with Gasteiger partial charge in [0, 0.05) is 29.8 Å². The predicted octanol–water partition coefficient (Wildman–Crippen LogP) is 6.73. The number of nitrogens with one attached hydrogen (secondary N) is 2. The summed E-state index contributed by atoms with van der Waals surface area (Å²) in [5.74, 6) is -1.73. The summed E-state index contributed by atoms with van der Waals surface area (Å²) < 4.78 is 19.7. The van der Waals surface area contributed by atoms with Crippen LogP contribution < -0.4 is 11.1 Å². The maximum Gasteiger partial charge on any atom is 0.407 e. The van der Waals surface area contributed by atoms with E-state index < -0.39 is 23.2 Å². The zero-order valence-corrected chi connectivity index (χ0v) is 29.0. The van der Waals surface area contributed by atoms with Crippen LogP contribution in [0.3, 0.4) is 0 Å². The maximum absolute atomic E-state index is 14.8. The van der Waals surface area contributed by atoms with Crippen molar-refractivity contribution in [3.63, 3.8) is 0 Å². The van der Waals surface area contributed by atoms with Crippen LogP contribution in [0.25, 0.3) is 0 Å². The molecular formula is C37H54FN5O5. The summed E-state index contributed by atoms with van der Waals surface area (Å²) >= 11 is 0. The molecule has 3 rings (SSSR count). The molecule has 1 aliphatic rings. The molecule has 4 N–H and O–H groups in total. The Bertz CT molecular complexity index is 1380. The van der Waals surface area contributed by atoms with E-state index in [0.29, 0.717) is 24.2 Å². The molecule has 2 aromatic rings. The first-order chi connectivity index (χ1) is 22.8. The molecule has 10 nitrogen and oxygen atoms in total. The molecule has 1 heterocycles. The molecule has 0 radical (unpaired) electrons. The smallest absolute Gasteiger partial charge is 0.407 e. The van der Waals surface area contributed by atoms with Crippen molar-refractivity contribution in [2.24, 2.45) is 5.73 Å². The second-order valence-corrected chi connectivity index (χ2v) is 13.9. The number of hydroxylamine groups is 3. The van der Waals surface area contributed by atoms with Crippen LogP contribution in [-0.4, -0.2) is 78.0 Å². The lowest BCUT2D eigenvalue weighted by molar-refractivity contribution is -0.884. The van der Waals surface area contributed by atoms with E-state index in [2.05, 4.69) is 5.32 Å². The molecule has 0 aliphatic carbocycles. The van der Waals surface area contributed by atoms with Crippen molar-refractivity contribution in [3.8, 4) is 0 Å². The van der Waals surface area contributed by atoms with Gasteiger partial charge in [0.15, 0.2) is 0 Å². The zero-order valence-electron chi connectivity index (χ0n) is 29.0. The number of hydrogen-bond acceptors (Lipinski definition) is 6. The van der Waals surface area contributed by atoms with E-state index in [9.17, 15) is 24.0 Å². The first-order valence-electron chi connectivity index (χ1n) is 17.4. The quantitative estimate of drug-likeness (QED) is 0.0698. The number of nitrogens with two attached hydrogens (primary N) is 1. The Balaban J connectivity index is 1.30. The van der Waals surface area contributed by atoms with E-state index in [1.807, 2.05) is 20.8 Å². The van der Waals surface area contributed by atoms with Crippen molar-refractivity contribution in [2.75, 3.05) is 39.3 Å². The van der Waals surface area contributed by atoms with E-state index in [1.54, 1.807) is 29.2 Å². The van der Waals surface area contributed by atoms with Crippen molar-refractivity contribution in [1.82, 2.24) is 10.2 Å². The van der Waals surface area contributed by atoms with Crippen molar-refractivity contribution < 1.29 is 28.2 Å². The van der Waals surface area contributed by atoms with Crippen LogP contribution in [0.15, 0.2) is 42.5 Å². The van der Waals surface area contributed by atoms with Gasteiger partial charge in [0.1, 0.15) is 11.4 Å². The summed E-state index contributed by atoms with van der Waals surface area (Å²) in [5, 5.41) is 24.6. The van der Waals surface area contributed by atoms with Crippen molar-refractivity contribution in [3.05, 3.63) is 75.7 Å². The van der Waals surface area contributed by atoms with Gasteiger partial charge in [0.2, 0.25) is 5.91 Å². The Kier molecular flexibility index (Phi) is 15.0. The predicted molar refractivity (Wildman–Crippen MR) is 186 cm³/mol. The summed E-state index contributed by atoms with van der Waals surface area (Å²) in [7, 11) is 0. The monoisotopic (exact) mass is 667 g/mol. The molecule has 3 amide bonds. The number of alkyl carbamates (subject to hydrolysis) is 1. The summed E-state index contributed by atoms with van der Waals surface area (Å²) in [4.78, 5) is 38.2. The molecule has 264 valence electrons. The highest BCUT2D eigenvalue weighted by Crippen LogP contribution is 2.21. The van der Waals surface area contributed by atoms with E-state index in [4.69, 9.17) is 15.9 Å².